The third-order valence-electron chi connectivity index (χ3n) is 4.44. The molecule has 0 aliphatic carbocycles. The Morgan fingerprint density at radius 1 is 1.03 bits per heavy atom. The number of nitrogens with zero attached hydrogens (tertiary/aromatic N) is 3. The highest BCUT2D eigenvalue weighted by molar-refractivity contribution is 8.13. The normalized spacial score (nSPS) is 11.1. The number of urea groups is 1. The second kappa shape index (κ2) is 11.3. The maximum Gasteiger partial charge on any atom is 0.346 e. The van der Waals surface area contributed by atoms with E-state index in [9.17, 15) is 9.59 Å². The first-order valence-corrected chi connectivity index (χ1v) is 10.5. The molecule has 7 heteroatoms. The summed E-state index contributed by atoms with van der Waals surface area (Å²) in [4.78, 5) is 31.3. The molecule has 0 aromatic heterocycles. The van der Waals surface area contributed by atoms with E-state index in [-0.39, 0.29) is 0 Å². The summed E-state index contributed by atoms with van der Waals surface area (Å²) in [6, 6.07) is 15.2. The van der Waals surface area contributed by atoms with Crippen molar-refractivity contribution in [1.82, 2.24) is 9.80 Å². The molecule has 0 atom stereocenters. The van der Waals surface area contributed by atoms with E-state index < -0.39 is 6.03 Å². The Hall–Kier alpha value is -2.80. The minimum Gasteiger partial charge on any atom is -0.497 e. The molecule has 2 rings (SSSR count). The van der Waals surface area contributed by atoms with Crippen molar-refractivity contribution >= 4 is 29.4 Å². The number of methoxy groups -OCH3 is 1. The Balaban J connectivity index is 2.07. The lowest BCUT2D eigenvalue weighted by molar-refractivity contribution is -0.115. The van der Waals surface area contributed by atoms with Crippen molar-refractivity contribution in [3.8, 4) is 5.75 Å². The Morgan fingerprint density at radius 3 is 2.10 bits per heavy atom. The average molecular weight is 414 g/mol. The van der Waals surface area contributed by atoms with Crippen molar-refractivity contribution in [2.45, 2.75) is 26.4 Å². The van der Waals surface area contributed by atoms with E-state index in [1.165, 1.54) is 27.1 Å². The molecule has 0 unspecified atom stereocenters. The summed E-state index contributed by atoms with van der Waals surface area (Å²) in [6.07, 6.45) is 3.46. The molecular formula is C22H27N3O3S. The number of aliphatic imine (C=N–C) groups is 1. The number of carbonyl (C=O) groups is 2. The molecule has 3 amide bonds. The van der Waals surface area contributed by atoms with Gasteiger partial charge in [-0.1, -0.05) is 55.1 Å². The van der Waals surface area contributed by atoms with E-state index in [4.69, 9.17) is 4.74 Å². The minimum absolute atomic E-state index is 0.322. The molecule has 0 radical (unpaired) electrons. The fraction of sp³-hybridized carbons (Fsp3) is 0.318. The first-order valence-electron chi connectivity index (χ1n) is 9.31. The predicted octanol–water partition coefficient (Wildman–Crippen LogP) is 4.19. The van der Waals surface area contributed by atoms with Crippen LogP contribution >= 0.6 is 11.8 Å². The first kappa shape index (κ1) is 22.5. The molecule has 0 bridgehead atoms. The van der Waals surface area contributed by atoms with E-state index >= 15 is 0 Å². The van der Waals surface area contributed by atoms with Crippen molar-refractivity contribution < 1.29 is 14.3 Å². The highest BCUT2D eigenvalue weighted by atomic mass is 32.2. The smallest absolute Gasteiger partial charge is 0.346 e. The van der Waals surface area contributed by atoms with Gasteiger partial charge >= 0.3 is 6.03 Å². The number of aryl methyl sites for hydroxylation is 1. The lowest BCUT2D eigenvalue weighted by Crippen LogP contribution is -2.30. The molecule has 0 aliphatic heterocycles. The average Bonchev–Trinajstić information content (AvgIpc) is 2.76. The number of amides is 3. The van der Waals surface area contributed by atoms with Crippen LogP contribution in [0.15, 0.2) is 53.5 Å². The van der Waals surface area contributed by atoms with Gasteiger partial charge in [0.05, 0.1) is 13.7 Å². The second-order valence-electron chi connectivity index (χ2n) is 6.49. The molecule has 0 N–H and O–H groups in total. The van der Waals surface area contributed by atoms with Gasteiger partial charge < -0.3 is 9.64 Å². The van der Waals surface area contributed by atoms with Gasteiger partial charge in [-0.05, 0) is 41.5 Å². The summed E-state index contributed by atoms with van der Waals surface area (Å²) in [7, 11) is 3.30. The molecule has 2 aromatic rings. The van der Waals surface area contributed by atoms with Crippen LogP contribution in [0.5, 0.6) is 5.75 Å². The van der Waals surface area contributed by atoms with Crippen LogP contribution in [0.1, 0.15) is 23.6 Å². The molecule has 0 aliphatic rings. The second-order valence-corrected chi connectivity index (χ2v) is 7.26. The quantitative estimate of drug-likeness (QED) is 0.388. The van der Waals surface area contributed by atoms with E-state index in [0.29, 0.717) is 24.7 Å². The third-order valence-corrected chi connectivity index (χ3v) is 5.13. The van der Waals surface area contributed by atoms with Gasteiger partial charge in [-0.2, -0.15) is 4.99 Å². The summed E-state index contributed by atoms with van der Waals surface area (Å²) in [5, 5.41) is 0.356. The number of carbonyl (C=O) groups excluding carboxylic acids is 2. The third kappa shape index (κ3) is 6.64. The Morgan fingerprint density at radius 2 is 1.59 bits per heavy atom. The Labute approximate surface area is 176 Å². The van der Waals surface area contributed by atoms with Gasteiger partial charge in [0.15, 0.2) is 5.17 Å². The van der Waals surface area contributed by atoms with Crippen molar-refractivity contribution in [3.05, 3.63) is 65.2 Å². The molecule has 29 heavy (non-hydrogen) atoms. The van der Waals surface area contributed by atoms with Crippen molar-refractivity contribution in [1.29, 1.82) is 0 Å². The van der Waals surface area contributed by atoms with E-state index in [1.807, 2.05) is 36.4 Å². The number of benzene rings is 2. The van der Waals surface area contributed by atoms with Gasteiger partial charge in [-0.25, -0.2) is 4.79 Å². The summed E-state index contributed by atoms with van der Waals surface area (Å²) in [5.74, 6) is 0.744. The number of hydrogen-bond acceptors (Lipinski definition) is 4. The summed E-state index contributed by atoms with van der Waals surface area (Å²) in [6.45, 7) is 2.88. The monoisotopic (exact) mass is 413 g/mol. The van der Waals surface area contributed by atoms with E-state index in [2.05, 4.69) is 24.0 Å². The molecule has 0 fully saturated rings. The summed E-state index contributed by atoms with van der Waals surface area (Å²) >= 11 is 1.26. The minimum atomic E-state index is -0.393. The molecule has 0 spiro atoms. The van der Waals surface area contributed by atoms with Gasteiger partial charge in [-0.3, -0.25) is 9.69 Å². The highest BCUT2D eigenvalue weighted by Crippen LogP contribution is 2.15. The zero-order valence-electron chi connectivity index (χ0n) is 17.3. The van der Waals surface area contributed by atoms with Crippen molar-refractivity contribution in [2.75, 3.05) is 20.4 Å². The number of amidine groups is 1. The van der Waals surface area contributed by atoms with Crippen molar-refractivity contribution in [3.63, 3.8) is 0 Å². The Bertz CT molecular complexity index is 835. The molecule has 154 valence electrons. The number of rotatable bonds is 7. The number of ether oxygens (including phenoxy) is 1. The summed E-state index contributed by atoms with van der Waals surface area (Å²) < 4.78 is 5.15. The van der Waals surface area contributed by atoms with Crippen LogP contribution in [0.3, 0.4) is 0 Å². The fourth-order valence-electron chi connectivity index (χ4n) is 2.69. The van der Waals surface area contributed by atoms with Crippen LogP contribution in [0.4, 0.5) is 4.79 Å². The van der Waals surface area contributed by atoms with Gasteiger partial charge in [0, 0.05) is 13.6 Å². The van der Waals surface area contributed by atoms with Crippen LogP contribution in [0, 0.1) is 0 Å². The maximum absolute atomic E-state index is 12.6. The first-order chi connectivity index (χ1) is 14.0. The van der Waals surface area contributed by atoms with Gasteiger partial charge in [-0.15, -0.1) is 0 Å². The van der Waals surface area contributed by atoms with Gasteiger partial charge in [0.25, 0.3) is 0 Å². The van der Waals surface area contributed by atoms with Crippen LogP contribution in [0.25, 0.3) is 0 Å². The molecule has 6 nitrogen and oxygen atoms in total. The van der Waals surface area contributed by atoms with Crippen LogP contribution < -0.4 is 4.74 Å². The highest BCUT2D eigenvalue weighted by Gasteiger charge is 2.15. The number of hydrogen-bond donors (Lipinski definition) is 0. The van der Waals surface area contributed by atoms with E-state index in [1.54, 1.807) is 20.4 Å². The Kier molecular flexibility index (Phi) is 8.73. The van der Waals surface area contributed by atoms with Crippen LogP contribution in [0.2, 0.25) is 0 Å². The molecule has 0 saturated carbocycles. The molecule has 0 heterocycles. The predicted molar refractivity (Wildman–Crippen MR) is 118 cm³/mol. The lowest BCUT2D eigenvalue weighted by Gasteiger charge is -2.20. The largest absolute Gasteiger partial charge is 0.497 e. The molecule has 0 saturated heterocycles. The topological polar surface area (TPSA) is 62.2 Å². The van der Waals surface area contributed by atoms with Gasteiger partial charge in [0.2, 0.25) is 6.41 Å². The zero-order chi connectivity index (χ0) is 21.2. The summed E-state index contributed by atoms with van der Waals surface area (Å²) in [5.41, 5.74) is 3.20. The van der Waals surface area contributed by atoms with E-state index in [0.717, 1.165) is 23.3 Å². The molecule has 2 aromatic carbocycles. The lowest BCUT2D eigenvalue weighted by atomic mass is 10.1. The molecular weight excluding hydrogens is 386 g/mol. The van der Waals surface area contributed by atoms with Crippen molar-refractivity contribution in [2.24, 2.45) is 4.99 Å². The zero-order valence-corrected chi connectivity index (χ0v) is 18.1. The number of thioether (sulfide) groups is 1. The van der Waals surface area contributed by atoms with Crippen LogP contribution in [-0.4, -0.2) is 47.8 Å². The SMILES string of the molecule is CCc1ccc(CN(C)C(=O)/N=C(/SC)N(C=O)Cc2ccc(OC)cc2)cc1. The fourth-order valence-corrected chi connectivity index (χ4v) is 3.21. The van der Waals surface area contributed by atoms with Crippen LogP contribution in [-0.2, 0) is 24.3 Å². The standard InChI is InChI=1S/C22H27N3O3S/c1-5-17-6-8-18(9-7-17)14-24(2)21(27)23-22(29-4)25(16-26)15-19-10-12-20(28-3)13-11-19/h6-13,16H,5,14-15H2,1-4H3/b23-22+. The maximum atomic E-state index is 12.6. The van der Waals surface area contributed by atoms with Gasteiger partial charge in [0.1, 0.15) is 5.75 Å².